The zero-order chi connectivity index (χ0) is 13.9. The van der Waals surface area contributed by atoms with E-state index in [-0.39, 0.29) is 0 Å². The van der Waals surface area contributed by atoms with E-state index in [0.29, 0.717) is 5.75 Å². The molecule has 4 nitrogen and oxygen atoms in total. The number of ether oxygens (including phenoxy) is 1. The number of pyridine rings is 1. The van der Waals surface area contributed by atoms with Crippen molar-refractivity contribution in [1.29, 1.82) is 0 Å². The molecular weight excluding hydrogens is 242 g/mol. The van der Waals surface area contributed by atoms with E-state index >= 15 is 0 Å². The molecule has 0 saturated carbocycles. The molecule has 1 N–H and O–H groups in total. The highest BCUT2D eigenvalue weighted by Crippen LogP contribution is 2.23. The first-order valence-corrected chi connectivity index (χ1v) is 5.93. The Kier molecular flexibility index (Phi) is 3.51. The highest BCUT2D eigenvalue weighted by Gasteiger charge is 2.29. The number of carboxylic acids is 1. The van der Waals surface area contributed by atoms with Crippen LogP contribution in [0.15, 0.2) is 48.7 Å². The van der Waals surface area contributed by atoms with Crippen LogP contribution < -0.4 is 4.74 Å². The summed E-state index contributed by atoms with van der Waals surface area (Å²) in [5, 5.41) is 9.00. The third-order valence-electron chi connectivity index (χ3n) is 2.70. The molecule has 0 unspecified atom stereocenters. The molecule has 2 rings (SSSR count). The van der Waals surface area contributed by atoms with Crippen LogP contribution in [-0.4, -0.2) is 21.7 Å². The number of hydrogen-bond donors (Lipinski definition) is 1. The SMILES string of the molecule is CC(C)(Oc1ccc(-c2ccccn2)cc1)C(=O)O. The van der Waals surface area contributed by atoms with Crippen LogP contribution in [-0.2, 0) is 4.79 Å². The van der Waals surface area contributed by atoms with Crippen LogP contribution in [0.2, 0.25) is 0 Å². The van der Waals surface area contributed by atoms with E-state index in [2.05, 4.69) is 4.98 Å². The quantitative estimate of drug-likeness (QED) is 0.914. The third kappa shape index (κ3) is 3.10. The summed E-state index contributed by atoms with van der Waals surface area (Å²) in [5.74, 6) is -0.478. The summed E-state index contributed by atoms with van der Waals surface area (Å²) in [6.45, 7) is 3.03. The lowest BCUT2D eigenvalue weighted by molar-refractivity contribution is -0.152. The molecule has 19 heavy (non-hydrogen) atoms. The summed E-state index contributed by atoms with van der Waals surface area (Å²) in [4.78, 5) is 15.2. The number of aliphatic carboxylic acids is 1. The molecule has 0 amide bonds. The predicted octanol–water partition coefficient (Wildman–Crippen LogP) is 2.99. The average Bonchev–Trinajstić information content (AvgIpc) is 2.40. The summed E-state index contributed by atoms with van der Waals surface area (Å²) in [6.07, 6.45) is 1.73. The summed E-state index contributed by atoms with van der Waals surface area (Å²) in [5.41, 5.74) is 0.583. The Morgan fingerprint density at radius 1 is 1.16 bits per heavy atom. The van der Waals surface area contributed by atoms with Gasteiger partial charge in [-0.2, -0.15) is 0 Å². The van der Waals surface area contributed by atoms with Gasteiger partial charge >= 0.3 is 5.97 Å². The first kappa shape index (κ1) is 13.1. The molecule has 1 aromatic carbocycles. The van der Waals surface area contributed by atoms with Gasteiger partial charge in [-0.3, -0.25) is 4.98 Å². The van der Waals surface area contributed by atoms with Gasteiger partial charge in [-0.1, -0.05) is 6.07 Å². The summed E-state index contributed by atoms with van der Waals surface area (Å²) in [6, 6.07) is 12.9. The fraction of sp³-hybridized carbons (Fsp3) is 0.200. The van der Waals surface area contributed by atoms with Gasteiger partial charge in [-0.15, -0.1) is 0 Å². The molecule has 0 spiro atoms. The molecule has 98 valence electrons. The first-order chi connectivity index (χ1) is 8.99. The Hall–Kier alpha value is -2.36. The minimum Gasteiger partial charge on any atom is -0.478 e. The van der Waals surface area contributed by atoms with Gasteiger partial charge in [-0.05, 0) is 50.2 Å². The van der Waals surface area contributed by atoms with Gasteiger partial charge in [0.25, 0.3) is 0 Å². The van der Waals surface area contributed by atoms with Crippen molar-refractivity contribution in [3.63, 3.8) is 0 Å². The van der Waals surface area contributed by atoms with Crippen molar-refractivity contribution in [3.8, 4) is 17.0 Å². The van der Waals surface area contributed by atoms with E-state index in [4.69, 9.17) is 9.84 Å². The normalized spacial score (nSPS) is 11.1. The second kappa shape index (κ2) is 5.10. The molecule has 0 radical (unpaired) electrons. The Bertz CT molecular complexity index is 562. The Balaban J connectivity index is 2.18. The molecule has 0 aliphatic heterocycles. The lowest BCUT2D eigenvalue weighted by Gasteiger charge is -2.21. The van der Waals surface area contributed by atoms with Crippen molar-refractivity contribution in [1.82, 2.24) is 4.98 Å². The van der Waals surface area contributed by atoms with Gasteiger partial charge < -0.3 is 9.84 Å². The molecular formula is C15H15NO3. The van der Waals surface area contributed by atoms with Crippen molar-refractivity contribution < 1.29 is 14.6 Å². The van der Waals surface area contributed by atoms with Gasteiger partial charge in [0.2, 0.25) is 0 Å². The van der Waals surface area contributed by atoms with E-state index in [9.17, 15) is 4.79 Å². The molecule has 0 atom stereocenters. The van der Waals surface area contributed by atoms with Gasteiger partial charge in [-0.25, -0.2) is 4.79 Å². The second-order valence-electron chi connectivity index (χ2n) is 4.66. The van der Waals surface area contributed by atoms with Crippen molar-refractivity contribution in [3.05, 3.63) is 48.7 Å². The van der Waals surface area contributed by atoms with E-state index in [1.54, 1.807) is 18.3 Å². The molecule has 1 heterocycles. The van der Waals surface area contributed by atoms with Crippen LogP contribution in [0.5, 0.6) is 5.75 Å². The zero-order valence-electron chi connectivity index (χ0n) is 10.8. The molecule has 1 aromatic heterocycles. The number of rotatable bonds is 4. The molecule has 0 bridgehead atoms. The molecule has 0 fully saturated rings. The zero-order valence-corrected chi connectivity index (χ0v) is 10.8. The average molecular weight is 257 g/mol. The number of benzene rings is 1. The highest BCUT2D eigenvalue weighted by molar-refractivity contribution is 5.76. The van der Waals surface area contributed by atoms with Gasteiger partial charge in [0.05, 0.1) is 5.69 Å². The maximum Gasteiger partial charge on any atom is 0.347 e. The lowest BCUT2D eigenvalue weighted by atomic mass is 10.1. The Morgan fingerprint density at radius 3 is 2.37 bits per heavy atom. The molecule has 2 aromatic rings. The Labute approximate surface area is 111 Å². The largest absolute Gasteiger partial charge is 0.478 e. The van der Waals surface area contributed by atoms with Crippen molar-refractivity contribution in [2.75, 3.05) is 0 Å². The highest BCUT2D eigenvalue weighted by atomic mass is 16.5. The summed E-state index contributed by atoms with van der Waals surface area (Å²) < 4.78 is 5.43. The number of aromatic nitrogens is 1. The van der Waals surface area contributed by atoms with Gasteiger partial charge in [0, 0.05) is 11.8 Å². The van der Waals surface area contributed by atoms with Crippen LogP contribution in [0.4, 0.5) is 0 Å². The van der Waals surface area contributed by atoms with Crippen molar-refractivity contribution >= 4 is 5.97 Å². The minimum absolute atomic E-state index is 0.520. The monoisotopic (exact) mass is 257 g/mol. The molecule has 4 heteroatoms. The predicted molar refractivity (Wildman–Crippen MR) is 72.0 cm³/mol. The maximum atomic E-state index is 11.0. The third-order valence-corrected chi connectivity index (χ3v) is 2.70. The summed E-state index contributed by atoms with van der Waals surface area (Å²) in [7, 11) is 0. The summed E-state index contributed by atoms with van der Waals surface area (Å²) >= 11 is 0. The number of carboxylic acid groups (broad SMARTS) is 1. The molecule has 0 saturated heterocycles. The van der Waals surface area contributed by atoms with E-state index in [1.807, 2.05) is 30.3 Å². The van der Waals surface area contributed by atoms with Crippen molar-refractivity contribution in [2.24, 2.45) is 0 Å². The standard InChI is InChI=1S/C15H15NO3/c1-15(2,14(17)18)19-12-8-6-11(7-9-12)13-5-3-4-10-16-13/h3-10H,1-2H3,(H,17,18). The minimum atomic E-state index is -1.24. The number of carbonyl (C=O) groups is 1. The molecule has 0 aliphatic carbocycles. The Morgan fingerprint density at radius 2 is 1.84 bits per heavy atom. The van der Waals surface area contributed by atoms with Crippen LogP contribution in [0, 0.1) is 0 Å². The van der Waals surface area contributed by atoms with Crippen LogP contribution in [0.3, 0.4) is 0 Å². The smallest absolute Gasteiger partial charge is 0.347 e. The fourth-order valence-electron chi connectivity index (χ4n) is 1.57. The van der Waals surface area contributed by atoms with Crippen LogP contribution >= 0.6 is 0 Å². The number of hydrogen-bond acceptors (Lipinski definition) is 3. The lowest BCUT2D eigenvalue weighted by Crippen LogP contribution is -2.37. The van der Waals surface area contributed by atoms with Crippen LogP contribution in [0.25, 0.3) is 11.3 Å². The van der Waals surface area contributed by atoms with E-state index in [0.717, 1.165) is 11.3 Å². The van der Waals surface area contributed by atoms with Crippen molar-refractivity contribution in [2.45, 2.75) is 19.4 Å². The maximum absolute atomic E-state index is 11.0. The topological polar surface area (TPSA) is 59.4 Å². The molecule has 0 aliphatic rings. The van der Waals surface area contributed by atoms with Gasteiger partial charge in [0.15, 0.2) is 5.60 Å². The second-order valence-corrected chi connectivity index (χ2v) is 4.66. The van der Waals surface area contributed by atoms with E-state index < -0.39 is 11.6 Å². The fourth-order valence-corrected chi connectivity index (χ4v) is 1.57. The van der Waals surface area contributed by atoms with Crippen LogP contribution in [0.1, 0.15) is 13.8 Å². The number of nitrogens with zero attached hydrogens (tertiary/aromatic N) is 1. The van der Waals surface area contributed by atoms with E-state index in [1.165, 1.54) is 13.8 Å². The first-order valence-electron chi connectivity index (χ1n) is 5.93. The van der Waals surface area contributed by atoms with Gasteiger partial charge in [0.1, 0.15) is 5.75 Å².